The summed E-state index contributed by atoms with van der Waals surface area (Å²) in [5.74, 6) is -0.621. The maximum atomic E-state index is 12.8. The third kappa shape index (κ3) is 1.69. The van der Waals surface area contributed by atoms with Gasteiger partial charge in [0.25, 0.3) is 0 Å². The Morgan fingerprint density at radius 3 is 3.14 bits per heavy atom. The first-order chi connectivity index (χ1) is 6.65. The Balaban J connectivity index is 2.14. The zero-order chi connectivity index (χ0) is 10.1. The second-order valence-electron chi connectivity index (χ2n) is 3.29. The van der Waals surface area contributed by atoms with Crippen LogP contribution in [-0.4, -0.2) is 17.2 Å². The highest BCUT2D eigenvalue weighted by molar-refractivity contribution is 5.67. The average molecular weight is 196 g/mol. The fraction of sp³-hybridized carbons (Fsp3) is 0.300. The lowest BCUT2D eigenvalue weighted by molar-refractivity contribution is -0.138. The van der Waals surface area contributed by atoms with Crippen LogP contribution in [0.5, 0.6) is 5.75 Å². The molecule has 0 radical (unpaired) electrons. The number of aliphatic carboxylic acids is 1. The molecule has 1 atom stereocenters. The van der Waals surface area contributed by atoms with E-state index in [-0.39, 0.29) is 18.3 Å². The van der Waals surface area contributed by atoms with E-state index in [1.54, 1.807) is 0 Å². The van der Waals surface area contributed by atoms with Crippen LogP contribution in [0, 0.1) is 5.82 Å². The van der Waals surface area contributed by atoms with Crippen LogP contribution in [-0.2, 0) is 11.2 Å². The highest BCUT2D eigenvalue weighted by Gasteiger charge is 2.25. The van der Waals surface area contributed by atoms with E-state index in [0.29, 0.717) is 12.2 Å². The first kappa shape index (κ1) is 8.99. The molecule has 1 N–H and O–H groups in total. The molecule has 1 aromatic rings. The van der Waals surface area contributed by atoms with Gasteiger partial charge < -0.3 is 9.84 Å². The Kier molecular flexibility index (Phi) is 2.11. The smallest absolute Gasteiger partial charge is 0.307 e. The molecule has 3 nitrogen and oxygen atoms in total. The summed E-state index contributed by atoms with van der Waals surface area (Å²) in [7, 11) is 0. The van der Waals surface area contributed by atoms with Crippen molar-refractivity contribution in [1.29, 1.82) is 0 Å². The lowest BCUT2D eigenvalue weighted by Gasteiger charge is -2.06. The lowest BCUT2D eigenvalue weighted by Crippen LogP contribution is -2.17. The van der Waals surface area contributed by atoms with Crippen molar-refractivity contribution in [2.75, 3.05) is 0 Å². The number of hydrogen-bond donors (Lipinski definition) is 1. The molecule has 14 heavy (non-hydrogen) atoms. The molecule has 0 saturated heterocycles. The van der Waals surface area contributed by atoms with E-state index in [1.165, 1.54) is 18.2 Å². The zero-order valence-corrected chi connectivity index (χ0v) is 7.37. The number of ether oxygens (including phenoxy) is 1. The van der Waals surface area contributed by atoms with E-state index in [2.05, 4.69) is 0 Å². The van der Waals surface area contributed by atoms with Crippen molar-refractivity contribution in [1.82, 2.24) is 0 Å². The van der Waals surface area contributed by atoms with Crippen molar-refractivity contribution in [3.05, 3.63) is 29.6 Å². The number of carbonyl (C=O) groups is 1. The molecule has 2 rings (SSSR count). The van der Waals surface area contributed by atoms with E-state index in [1.807, 2.05) is 0 Å². The molecule has 0 fully saturated rings. The molecular formula is C10H9FO3. The fourth-order valence-corrected chi connectivity index (χ4v) is 1.60. The highest BCUT2D eigenvalue weighted by atomic mass is 19.1. The van der Waals surface area contributed by atoms with Gasteiger partial charge in [-0.2, -0.15) is 0 Å². The topological polar surface area (TPSA) is 46.5 Å². The van der Waals surface area contributed by atoms with Gasteiger partial charge in [0.05, 0.1) is 6.42 Å². The molecule has 1 aliphatic heterocycles. The Morgan fingerprint density at radius 1 is 1.64 bits per heavy atom. The molecule has 0 amide bonds. The lowest BCUT2D eigenvalue weighted by atomic mass is 10.1. The van der Waals surface area contributed by atoms with E-state index in [0.717, 1.165) is 5.56 Å². The van der Waals surface area contributed by atoms with Gasteiger partial charge in [-0.3, -0.25) is 4.79 Å². The number of hydrogen-bond acceptors (Lipinski definition) is 2. The van der Waals surface area contributed by atoms with Crippen molar-refractivity contribution >= 4 is 5.97 Å². The second-order valence-corrected chi connectivity index (χ2v) is 3.29. The predicted octanol–water partition coefficient (Wildman–Crippen LogP) is 1.60. The Hall–Kier alpha value is -1.58. The number of carboxylic acid groups (broad SMARTS) is 1. The van der Waals surface area contributed by atoms with Crippen LogP contribution in [0.2, 0.25) is 0 Å². The Labute approximate surface area is 80.1 Å². The van der Waals surface area contributed by atoms with E-state index >= 15 is 0 Å². The van der Waals surface area contributed by atoms with Crippen LogP contribution in [0.4, 0.5) is 4.39 Å². The van der Waals surface area contributed by atoms with Gasteiger partial charge in [0.15, 0.2) is 0 Å². The van der Waals surface area contributed by atoms with Crippen molar-refractivity contribution < 1.29 is 19.0 Å². The fourth-order valence-electron chi connectivity index (χ4n) is 1.60. The van der Waals surface area contributed by atoms with Gasteiger partial charge >= 0.3 is 5.97 Å². The van der Waals surface area contributed by atoms with E-state index < -0.39 is 5.97 Å². The summed E-state index contributed by atoms with van der Waals surface area (Å²) in [5.41, 5.74) is 0.747. The zero-order valence-electron chi connectivity index (χ0n) is 7.37. The second kappa shape index (κ2) is 3.29. The van der Waals surface area contributed by atoms with Gasteiger partial charge in [-0.05, 0) is 18.2 Å². The minimum atomic E-state index is -0.900. The summed E-state index contributed by atoms with van der Waals surface area (Å²) in [6, 6.07) is 4.23. The van der Waals surface area contributed by atoms with Gasteiger partial charge in [0.1, 0.15) is 17.7 Å². The Bertz CT molecular complexity index is 376. The van der Waals surface area contributed by atoms with Crippen molar-refractivity contribution in [2.24, 2.45) is 0 Å². The monoisotopic (exact) mass is 196 g/mol. The van der Waals surface area contributed by atoms with Crippen LogP contribution in [0.15, 0.2) is 18.2 Å². The number of rotatable bonds is 2. The van der Waals surface area contributed by atoms with E-state index in [4.69, 9.17) is 9.84 Å². The molecule has 0 spiro atoms. The molecule has 74 valence electrons. The molecule has 0 saturated carbocycles. The average Bonchev–Trinajstić information content (AvgIpc) is 2.44. The molecule has 1 aliphatic rings. The van der Waals surface area contributed by atoms with Crippen LogP contribution >= 0.6 is 0 Å². The summed E-state index contributed by atoms with van der Waals surface area (Å²) in [6.45, 7) is 0. The van der Waals surface area contributed by atoms with Crippen molar-refractivity contribution in [3.63, 3.8) is 0 Å². The molecule has 1 aromatic carbocycles. The summed E-state index contributed by atoms with van der Waals surface area (Å²) in [6.07, 6.45) is 0.0692. The van der Waals surface area contributed by atoms with Crippen LogP contribution < -0.4 is 4.74 Å². The van der Waals surface area contributed by atoms with Crippen LogP contribution in [0.3, 0.4) is 0 Å². The third-order valence-electron chi connectivity index (χ3n) is 2.17. The predicted molar refractivity (Wildman–Crippen MR) is 46.8 cm³/mol. The van der Waals surface area contributed by atoms with Crippen LogP contribution in [0.1, 0.15) is 12.0 Å². The Morgan fingerprint density at radius 2 is 2.43 bits per heavy atom. The minimum absolute atomic E-state index is 0.0453. The number of benzene rings is 1. The quantitative estimate of drug-likeness (QED) is 0.781. The summed E-state index contributed by atoms with van der Waals surface area (Å²) in [5, 5.41) is 8.55. The number of fused-ring (bicyclic) bond motifs is 1. The first-order valence-corrected chi connectivity index (χ1v) is 4.32. The minimum Gasteiger partial charge on any atom is -0.489 e. The molecule has 1 heterocycles. The molecule has 0 aliphatic carbocycles. The van der Waals surface area contributed by atoms with Gasteiger partial charge in [-0.15, -0.1) is 0 Å². The number of carboxylic acids is 1. The maximum absolute atomic E-state index is 12.8. The van der Waals surface area contributed by atoms with Gasteiger partial charge in [0, 0.05) is 12.0 Å². The van der Waals surface area contributed by atoms with Gasteiger partial charge in [-0.25, -0.2) is 4.39 Å². The molecule has 0 bridgehead atoms. The van der Waals surface area contributed by atoms with Gasteiger partial charge in [-0.1, -0.05) is 0 Å². The maximum Gasteiger partial charge on any atom is 0.307 e. The molecule has 4 heteroatoms. The standard InChI is InChI=1S/C10H9FO3/c11-7-1-2-9-6(3-7)4-8(14-9)5-10(12)13/h1-3,8H,4-5H2,(H,12,13)/t8-/m0/s1. The molecule has 0 unspecified atom stereocenters. The first-order valence-electron chi connectivity index (χ1n) is 4.32. The normalized spacial score (nSPS) is 18.8. The SMILES string of the molecule is O=C(O)C[C@@H]1Cc2cc(F)ccc2O1. The number of halogens is 1. The van der Waals surface area contributed by atoms with Gasteiger partial charge in [0.2, 0.25) is 0 Å². The third-order valence-corrected chi connectivity index (χ3v) is 2.17. The molecule has 0 aromatic heterocycles. The van der Waals surface area contributed by atoms with Crippen molar-refractivity contribution in [2.45, 2.75) is 18.9 Å². The van der Waals surface area contributed by atoms with E-state index in [9.17, 15) is 9.18 Å². The largest absolute Gasteiger partial charge is 0.489 e. The van der Waals surface area contributed by atoms with Crippen LogP contribution in [0.25, 0.3) is 0 Å². The van der Waals surface area contributed by atoms with Crippen molar-refractivity contribution in [3.8, 4) is 5.75 Å². The molecular weight excluding hydrogens is 187 g/mol. The summed E-state index contributed by atoms with van der Waals surface area (Å²) < 4.78 is 18.1. The summed E-state index contributed by atoms with van der Waals surface area (Å²) in [4.78, 5) is 10.4. The summed E-state index contributed by atoms with van der Waals surface area (Å²) >= 11 is 0. The highest BCUT2D eigenvalue weighted by Crippen LogP contribution is 2.30.